The first-order valence-electron chi connectivity index (χ1n) is 6.53. The standard InChI is InChI=1S/C12H15ClN6O/c1-8-6-9(20-18-8)7-14-11-15-10(13)16-12(17-11)19-4-2-3-5-19/h6H,2-5,7H2,1H3,(H,14,15,16,17). The second-order valence-corrected chi connectivity index (χ2v) is 5.05. The van der Waals surface area contributed by atoms with Gasteiger partial charge in [-0.3, -0.25) is 0 Å². The van der Waals surface area contributed by atoms with Crippen molar-refractivity contribution in [3.8, 4) is 0 Å². The maximum Gasteiger partial charge on any atom is 0.231 e. The highest BCUT2D eigenvalue weighted by molar-refractivity contribution is 6.28. The summed E-state index contributed by atoms with van der Waals surface area (Å²) < 4.78 is 5.12. The normalized spacial score (nSPS) is 14.8. The van der Waals surface area contributed by atoms with Crippen LogP contribution in [-0.4, -0.2) is 33.2 Å². The Balaban J connectivity index is 1.72. The van der Waals surface area contributed by atoms with E-state index in [2.05, 4.69) is 30.3 Å². The minimum absolute atomic E-state index is 0.193. The zero-order valence-corrected chi connectivity index (χ0v) is 11.9. The van der Waals surface area contributed by atoms with Crippen LogP contribution in [0.1, 0.15) is 24.3 Å². The van der Waals surface area contributed by atoms with E-state index in [-0.39, 0.29) is 5.28 Å². The molecule has 106 valence electrons. The summed E-state index contributed by atoms with van der Waals surface area (Å²) in [6.07, 6.45) is 2.31. The van der Waals surface area contributed by atoms with Crippen LogP contribution in [0.15, 0.2) is 10.6 Å². The van der Waals surface area contributed by atoms with E-state index in [1.807, 2.05) is 13.0 Å². The quantitative estimate of drug-likeness (QED) is 0.924. The number of anilines is 2. The first-order chi connectivity index (χ1) is 9.70. The fourth-order valence-electron chi connectivity index (χ4n) is 2.14. The van der Waals surface area contributed by atoms with Crippen LogP contribution in [0.2, 0.25) is 5.28 Å². The topological polar surface area (TPSA) is 80.0 Å². The molecule has 0 amide bonds. The summed E-state index contributed by atoms with van der Waals surface area (Å²) in [4.78, 5) is 14.7. The Morgan fingerprint density at radius 1 is 1.30 bits per heavy atom. The molecule has 20 heavy (non-hydrogen) atoms. The van der Waals surface area contributed by atoms with Crippen molar-refractivity contribution in [2.75, 3.05) is 23.3 Å². The Morgan fingerprint density at radius 2 is 2.10 bits per heavy atom. The van der Waals surface area contributed by atoms with Gasteiger partial charge in [0.1, 0.15) is 0 Å². The number of nitrogens with one attached hydrogen (secondary N) is 1. The fourth-order valence-corrected chi connectivity index (χ4v) is 2.30. The highest BCUT2D eigenvalue weighted by Gasteiger charge is 2.17. The van der Waals surface area contributed by atoms with E-state index in [0.717, 1.165) is 37.4 Å². The van der Waals surface area contributed by atoms with E-state index in [9.17, 15) is 0 Å². The van der Waals surface area contributed by atoms with Crippen molar-refractivity contribution in [1.82, 2.24) is 20.1 Å². The van der Waals surface area contributed by atoms with E-state index in [0.29, 0.717) is 18.4 Å². The minimum atomic E-state index is 0.193. The summed E-state index contributed by atoms with van der Waals surface area (Å²) in [5, 5.41) is 7.09. The summed E-state index contributed by atoms with van der Waals surface area (Å²) in [5.41, 5.74) is 0.841. The Bertz CT molecular complexity index is 595. The summed E-state index contributed by atoms with van der Waals surface area (Å²) in [7, 11) is 0. The predicted molar refractivity (Wildman–Crippen MR) is 74.9 cm³/mol. The third-order valence-corrected chi connectivity index (χ3v) is 3.25. The van der Waals surface area contributed by atoms with Gasteiger partial charge in [0.25, 0.3) is 0 Å². The molecule has 0 aliphatic carbocycles. The summed E-state index contributed by atoms with van der Waals surface area (Å²) in [6.45, 7) is 4.25. The smallest absolute Gasteiger partial charge is 0.231 e. The van der Waals surface area contributed by atoms with Crippen LogP contribution in [0.4, 0.5) is 11.9 Å². The summed E-state index contributed by atoms with van der Waals surface area (Å²) >= 11 is 5.95. The van der Waals surface area contributed by atoms with Gasteiger partial charge in [-0.05, 0) is 31.4 Å². The maximum absolute atomic E-state index is 5.95. The molecule has 3 rings (SSSR count). The van der Waals surface area contributed by atoms with Gasteiger partial charge in [0.2, 0.25) is 17.2 Å². The van der Waals surface area contributed by atoms with Crippen molar-refractivity contribution in [2.24, 2.45) is 0 Å². The van der Waals surface area contributed by atoms with Gasteiger partial charge < -0.3 is 14.7 Å². The lowest BCUT2D eigenvalue weighted by molar-refractivity contribution is 0.384. The summed E-state index contributed by atoms with van der Waals surface area (Å²) in [5.74, 6) is 1.79. The average molecular weight is 295 g/mol. The first-order valence-corrected chi connectivity index (χ1v) is 6.91. The molecule has 0 unspecified atom stereocenters. The molecule has 1 aliphatic heterocycles. The number of halogens is 1. The molecule has 8 heteroatoms. The van der Waals surface area contributed by atoms with Gasteiger partial charge in [-0.2, -0.15) is 15.0 Å². The maximum atomic E-state index is 5.95. The second-order valence-electron chi connectivity index (χ2n) is 4.71. The van der Waals surface area contributed by atoms with Crippen LogP contribution in [0.3, 0.4) is 0 Å². The predicted octanol–water partition coefficient (Wildman–Crippen LogP) is 2.03. The Morgan fingerprint density at radius 3 is 2.80 bits per heavy atom. The van der Waals surface area contributed by atoms with Crippen LogP contribution in [-0.2, 0) is 6.54 Å². The van der Waals surface area contributed by atoms with E-state index in [1.54, 1.807) is 0 Å². The Kier molecular flexibility index (Phi) is 3.68. The number of hydrogen-bond donors (Lipinski definition) is 1. The molecule has 1 saturated heterocycles. The molecule has 0 radical (unpaired) electrons. The lowest BCUT2D eigenvalue weighted by Crippen LogP contribution is -2.21. The van der Waals surface area contributed by atoms with Gasteiger partial charge in [0, 0.05) is 19.2 Å². The van der Waals surface area contributed by atoms with Gasteiger partial charge in [-0.25, -0.2) is 0 Å². The molecule has 0 aromatic carbocycles. The Hall–Kier alpha value is -1.89. The Labute approximate surface area is 121 Å². The number of nitrogens with zero attached hydrogens (tertiary/aromatic N) is 5. The van der Waals surface area contributed by atoms with Gasteiger partial charge in [0.15, 0.2) is 5.76 Å². The van der Waals surface area contributed by atoms with Crippen molar-refractivity contribution in [2.45, 2.75) is 26.3 Å². The zero-order chi connectivity index (χ0) is 13.9. The molecule has 0 bridgehead atoms. The third-order valence-electron chi connectivity index (χ3n) is 3.08. The van der Waals surface area contributed by atoms with Gasteiger partial charge in [-0.1, -0.05) is 5.16 Å². The monoisotopic (exact) mass is 294 g/mol. The molecule has 0 saturated carbocycles. The molecule has 0 spiro atoms. The average Bonchev–Trinajstić information content (AvgIpc) is 3.07. The van der Waals surface area contributed by atoms with Gasteiger partial charge >= 0.3 is 0 Å². The SMILES string of the molecule is Cc1cc(CNc2nc(Cl)nc(N3CCCC3)n2)on1. The molecule has 1 aliphatic rings. The van der Waals surface area contributed by atoms with E-state index >= 15 is 0 Å². The van der Waals surface area contributed by atoms with Gasteiger partial charge in [-0.15, -0.1) is 0 Å². The fraction of sp³-hybridized carbons (Fsp3) is 0.500. The number of hydrogen-bond acceptors (Lipinski definition) is 7. The van der Waals surface area contributed by atoms with E-state index in [4.69, 9.17) is 16.1 Å². The van der Waals surface area contributed by atoms with Crippen LogP contribution < -0.4 is 10.2 Å². The highest BCUT2D eigenvalue weighted by atomic mass is 35.5. The van der Waals surface area contributed by atoms with E-state index in [1.165, 1.54) is 0 Å². The van der Waals surface area contributed by atoms with Crippen molar-refractivity contribution in [1.29, 1.82) is 0 Å². The molecular weight excluding hydrogens is 280 g/mol. The van der Waals surface area contributed by atoms with Crippen molar-refractivity contribution >= 4 is 23.5 Å². The van der Waals surface area contributed by atoms with Crippen molar-refractivity contribution in [3.05, 3.63) is 22.8 Å². The number of rotatable bonds is 4. The van der Waals surface area contributed by atoms with Crippen LogP contribution >= 0.6 is 11.6 Å². The van der Waals surface area contributed by atoms with E-state index < -0.39 is 0 Å². The largest absolute Gasteiger partial charge is 0.359 e. The van der Waals surface area contributed by atoms with Crippen LogP contribution in [0, 0.1) is 6.92 Å². The van der Waals surface area contributed by atoms with Crippen LogP contribution in [0.5, 0.6) is 0 Å². The number of aryl methyl sites for hydroxylation is 1. The van der Waals surface area contributed by atoms with Crippen LogP contribution in [0.25, 0.3) is 0 Å². The summed E-state index contributed by atoms with van der Waals surface area (Å²) in [6, 6.07) is 1.86. The number of aromatic nitrogens is 4. The zero-order valence-electron chi connectivity index (χ0n) is 11.1. The second kappa shape index (κ2) is 5.62. The third kappa shape index (κ3) is 2.98. The van der Waals surface area contributed by atoms with Gasteiger partial charge in [0.05, 0.1) is 12.2 Å². The highest BCUT2D eigenvalue weighted by Crippen LogP contribution is 2.18. The molecule has 3 heterocycles. The lowest BCUT2D eigenvalue weighted by Gasteiger charge is -2.15. The molecule has 1 N–H and O–H groups in total. The molecule has 7 nitrogen and oxygen atoms in total. The van der Waals surface area contributed by atoms with Crippen molar-refractivity contribution < 1.29 is 4.52 Å². The minimum Gasteiger partial charge on any atom is -0.359 e. The molecule has 1 fully saturated rings. The molecule has 2 aromatic rings. The molecular formula is C12H15ClN6O. The van der Waals surface area contributed by atoms with Crippen molar-refractivity contribution in [3.63, 3.8) is 0 Å². The molecule has 2 aromatic heterocycles. The lowest BCUT2D eigenvalue weighted by atomic mass is 10.4. The molecule has 0 atom stereocenters. The first kappa shape index (κ1) is 13.1.